The third kappa shape index (κ3) is 8.79. The molecule has 64 heavy (non-hydrogen) atoms. The first-order valence-corrected chi connectivity index (χ1v) is 39.7. The maximum atomic E-state index is 15.4. The van der Waals surface area contributed by atoms with E-state index in [4.69, 9.17) is 0 Å². The molecule has 2 aliphatic rings. The molecule has 0 saturated carbocycles. The Balaban J connectivity index is 1.76. The molecule has 344 valence electrons. The number of benzene rings is 5. The molecule has 0 radical (unpaired) electrons. The summed E-state index contributed by atoms with van der Waals surface area (Å²) in [5.74, 6) is -0.567. The van der Waals surface area contributed by atoms with E-state index >= 15 is 19.2 Å². The quantitative estimate of drug-likeness (QED) is 0.0380. The maximum absolute atomic E-state index is 15.4. The van der Waals surface area contributed by atoms with Crippen molar-refractivity contribution < 1.29 is 19.2 Å². The third-order valence-electron chi connectivity index (χ3n) is 14.6. The Morgan fingerprint density at radius 3 is 0.734 bits per heavy atom. The maximum Gasteiger partial charge on any atom is 0.261 e. The molecule has 0 bridgehead atoms. The van der Waals surface area contributed by atoms with Crippen LogP contribution in [0.5, 0.6) is 0 Å². The van der Waals surface area contributed by atoms with Crippen LogP contribution in [-0.4, -0.2) is 77.8 Å². The van der Waals surface area contributed by atoms with E-state index in [-0.39, 0.29) is 35.7 Å². The van der Waals surface area contributed by atoms with Crippen LogP contribution in [0.4, 0.5) is 0 Å². The van der Waals surface area contributed by atoms with E-state index in [0.717, 1.165) is 137 Å². The van der Waals surface area contributed by atoms with Crippen LogP contribution in [0.25, 0.3) is 43.1 Å². The minimum absolute atomic E-state index is 0.142. The zero-order valence-electron chi connectivity index (χ0n) is 42.5. The summed E-state index contributed by atoms with van der Waals surface area (Å²) in [5, 5.41) is 7.88. The molecule has 6 nitrogen and oxygen atoms in total. The van der Waals surface area contributed by atoms with Gasteiger partial charge in [-0.05, 0) is 130 Å². The predicted molar refractivity (Wildman–Crippen MR) is 285 cm³/mol. The monoisotopic (exact) mass is 931 g/mol. The second-order valence-electron chi connectivity index (χ2n) is 24.5. The molecule has 0 spiro atoms. The lowest BCUT2D eigenvalue weighted by atomic mass is 9.76. The second-order valence-corrected chi connectivity index (χ2v) is 47.0. The summed E-state index contributed by atoms with van der Waals surface area (Å²) in [6, 6.07) is 13.0. The van der Waals surface area contributed by atoms with Crippen molar-refractivity contribution >= 4 is 99.0 Å². The van der Waals surface area contributed by atoms with Crippen molar-refractivity contribution in [3.05, 3.63) is 68.8 Å². The summed E-state index contributed by atoms with van der Waals surface area (Å²) < 4.78 is 0. The van der Waals surface area contributed by atoms with Gasteiger partial charge in [0.25, 0.3) is 23.6 Å². The predicted octanol–water partition coefficient (Wildman–Crippen LogP) is 14.8. The molecule has 0 atom stereocenters. The van der Waals surface area contributed by atoms with Gasteiger partial charge in [-0.1, -0.05) is 130 Å². The summed E-state index contributed by atoms with van der Waals surface area (Å²) in [4.78, 5) is 64.8. The lowest BCUT2D eigenvalue weighted by Crippen LogP contribution is -2.47. The molecule has 0 N–H and O–H groups in total. The number of carbonyl (C=O) groups excluding carboxylic acids is 4. The van der Waals surface area contributed by atoms with Crippen LogP contribution in [0.1, 0.15) is 117 Å². The Morgan fingerprint density at radius 1 is 0.359 bits per heavy atom. The molecule has 7 rings (SSSR count). The number of fused-ring (bicyclic) bond motifs is 2. The topological polar surface area (TPSA) is 74.8 Å². The highest BCUT2D eigenvalue weighted by molar-refractivity contribution is 6.77. The van der Waals surface area contributed by atoms with Crippen LogP contribution < -0.4 is 0 Å². The Kier molecular flexibility index (Phi) is 13.1. The van der Waals surface area contributed by atoms with Gasteiger partial charge in [-0.25, -0.2) is 0 Å². The van der Waals surface area contributed by atoms with Crippen molar-refractivity contribution in [1.29, 1.82) is 0 Å². The summed E-state index contributed by atoms with van der Waals surface area (Å²) in [7, 11) is -6.31. The lowest BCUT2D eigenvalue weighted by molar-refractivity contribution is 0.0513. The number of carbonyl (C=O) groups is 4. The first-order chi connectivity index (χ1) is 29.8. The van der Waals surface area contributed by atoms with Gasteiger partial charge in [-0.3, -0.25) is 29.0 Å². The highest BCUT2D eigenvalue weighted by Gasteiger charge is 2.43. The largest absolute Gasteiger partial charge is 0.271 e. The number of hydrogen-bond donors (Lipinski definition) is 0. The van der Waals surface area contributed by atoms with Gasteiger partial charge in [-0.2, -0.15) is 0 Å². The molecule has 2 heterocycles. The molecule has 10 heteroatoms. The van der Waals surface area contributed by atoms with Crippen molar-refractivity contribution in [3.63, 3.8) is 0 Å². The molecule has 4 amide bonds. The zero-order chi connectivity index (χ0) is 47.2. The van der Waals surface area contributed by atoms with Crippen molar-refractivity contribution in [2.45, 2.75) is 194 Å². The van der Waals surface area contributed by atoms with Gasteiger partial charge in [0.2, 0.25) is 0 Å². The van der Waals surface area contributed by atoms with E-state index in [1.165, 1.54) is 0 Å². The summed E-state index contributed by atoms with van der Waals surface area (Å²) in [6.07, 6.45) is 5.89. The molecule has 0 saturated heterocycles. The van der Waals surface area contributed by atoms with E-state index in [9.17, 15) is 0 Å². The summed E-state index contributed by atoms with van der Waals surface area (Å²) in [6.45, 7) is 37.1. The van der Waals surface area contributed by atoms with Crippen LogP contribution in [0.2, 0.25) is 103 Å². The van der Waals surface area contributed by atoms with Crippen LogP contribution >= 0.6 is 0 Å². The van der Waals surface area contributed by atoms with Gasteiger partial charge in [0.15, 0.2) is 0 Å². The molecule has 0 unspecified atom stereocenters. The SMILES string of the molecule is CCC(CC)N1C(=O)c2c(CC[Si](C)(C)C)cc3c4cc(CC[Si](C)(C)C)c5c6c(c(CC[Si](C)(C)C)cc(c7cc(CC[Si](C)(C)C)c(c2c37)C1=O)c64)C(=O)N(C(CC)CC)C5=O. The fourth-order valence-corrected chi connectivity index (χ4v) is 14.9. The normalized spacial score (nSPS) is 15.3. The highest BCUT2D eigenvalue weighted by Crippen LogP contribution is 2.51. The number of nitrogens with zero attached hydrogens (tertiary/aromatic N) is 2. The van der Waals surface area contributed by atoms with Crippen molar-refractivity contribution in [2.75, 3.05) is 0 Å². The fourth-order valence-electron chi connectivity index (χ4n) is 10.8. The van der Waals surface area contributed by atoms with E-state index in [1.807, 2.05) is 0 Å². The number of hydrogen-bond acceptors (Lipinski definition) is 4. The Morgan fingerprint density at radius 2 is 0.562 bits per heavy atom. The van der Waals surface area contributed by atoms with Gasteiger partial charge in [-0.15, -0.1) is 0 Å². The number of amides is 4. The molecule has 2 aliphatic heterocycles. The summed E-state index contributed by atoms with van der Waals surface area (Å²) in [5.41, 5.74) is 7.04. The van der Waals surface area contributed by atoms with E-state index < -0.39 is 32.3 Å². The van der Waals surface area contributed by atoms with E-state index in [0.29, 0.717) is 25.7 Å². The van der Waals surface area contributed by atoms with Gasteiger partial charge < -0.3 is 0 Å². The molecule has 5 aromatic rings. The van der Waals surface area contributed by atoms with E-state index in [2.05, 4.69) is 131 Å². The van der Waals surface area contributed by atoms with Gasteiger partial charge in [0.05, 0.1) is 22.3 Å². The highest BCUT2D eigenvalue weighted by atomic mass is 28.3. The minimum Gasteiger partial charge on any atom is -0.271 e. The first-order valence-electron chi connectivity index (χ1n) is 24.8. The van der Waals surface area contributed by atoms with Crippen LogP contribution in [0.15, 0.2) is 24.3 Å². The van der Waals surface area contributed by atoms with Gasteiger partial charge in [0, 0.05) is 55.2 Å². The number of rotatable bonds is 18. The minimum atomic E-state index is -1.58. The van der Waals surface area contributed by atoms with Crippen LogP contribution in [-0.2, 0) is 25.7 Å². The van der Waals surface area contributed by atoms with E-state index in [1.54, 1.807) is 9.80 Å². The molecule has 5 aromatic carbocycles. The first kappa shape index (κ1) is 48.5. The third-order valence-corrected chi connectivity index (χ3v) is 21.6. The van der Waals surface area contributed by atoms with Crippen molar-refractivity contribution in [1.82, 2.24) is 9.80 Å². The average molecular weight is 932 g/mol. The standard InChI is InChI=1S/C54H78N2O4Si4/c1-17-37(18-2)55-51(57)43-33(21-25-61(5,6)7)29-39-41-31-35(23-27-63(11,12)13)45-50-46(54(60)56(53(45)59)38(19-3)20-4)36(24-28-64(14,15)16)32-42(48(41)50)40-30-34(22-26-62(8,9)10)44(52(55)58)49(43)47(39)40/h29-32,37-38H,17-28H2,1-16H3. The zero-order valence-corrected chi connectivity index (χ0v) is 46.5. The van der Waals surface area contributed by atoms with Crippen molar-refractivity contribution in [2.24, 2.45) is 0 Å². The Bertz CT molecular complexity index is 2350. The molecule has 0 fully saturated rings. The average Bonchev–Trinajstić information content (AvgIpc) is 3.19. The molecule has 0 aromatic heterocycles. The smallest absolute Gasteiger partial charge is 0.261 e. The lowest BCUT2D eigenvalue weighted by Gasteiger charge is -2.37. The van der Waals surface area contributed by atoms with Gasteiger partial charge in [0.1, 0.15) is 0 Å². The van der Waals surface area contributed by atoms with Crippen molar-refractivity contribution in [3.8, 4) is 0 Å². The summed E-state index contributed by atoms with van der Waals surface area (Å²) >= 11 is 0. The molecule has 0 aliphatic carbocycles. The Hall–Kier alpha value is -3.45. The fraction of sp³-hybridized carbons (Fsp3) is 0.556. The van der Waals surface area contributed by atoms with Crippen LogP contribution in [0.3, 0.4) is 0 Å². The van der Waals surface area contributed by atoms with Crippen LogP contribution in [0, 0.1) is 0 Å². The molecular formula is C54H78N2O4Si4. The van der Waals surface area contributed by atoms with Gasteiger partial charge >= 0.3 is 0 Å². The number of imide groups is 2. The Labute approximate surface area is 388 Å². The molecular weight excluding hydrogens is 853 g/mol. The second kappa shape index (κ2) is 17.3. The number of aryl methyl sites for hydroxylation is 4.